The fourth-order valence-electron chi connectivity index (χ4n) is 3.98. The monoisotopic (exact) mass is 436 g/mol. The average molecular weight is 436 g/mol. The SMILES string of the molecule is COc1cccc(-c2nccc3[nH]c(-c4n[nH]c5ccc(-c6cnc(C)n6C)nc45)nc23)c1. The number of nitrogens with zero attached hydrogens (tertiary/aromatic N) is 6. The minimum atomic E-state index is 0.624. The predicted octanol–water partition coefficient (Wildman–Crippen LogP) is 4.28. The molecule has 33 heavy (non-hydrogen) atoms. The normalized spacial score (nSPS) is 11.5. The van der Waals surface area contributed by atoms with Crippen LogP contribution >= 0.6 is 0 Å². The van der Waals surface area contributed by atoms with Crippen LogP contribution < -0.4 is 4.74 Å². The Bertz CT molecular complexity index is 1640. The van der Waals surface area contributed by atoms with Crippen LogP contribution in [0.25, 0.3) is 56.2 Å². The number of pyridine rings is 2. The maximum atomic E-state index is 5.37. The number of methoxy groups -OCH3 is 1. The molecule has 2 N–H and O–H groups in total. The van der Waals surface area contributed by atoms with Gasteiger partial charge in [-0.15, -0.1) is 0 Å². The van der Waals surface area contributed by atoms with Crippen molar-refractivity contribution in [3.8, 4) is 39.9 Å². The third-order valence-corrected chi connectivity index (χ3v) is 5.86. The highest BCUT2D eigenvalue weighted by Gasteiger charge is 2.18. The van der Waals surface area contributed by atoms with Gasteiger partial charge < -0.3 is 14.3 Å². The molecule has 6 aromatic rings. The molecule has 0 aliphatic rings. The number of nitrogens with one attached hydrogen (secondary N) is 2. The van der Waals surface area contributed by atoms with Crippen molar-refractivity contribution < 1.29 is 4.74 Å². The number of aromatic amines is 2. The molecule has 9 heteroatoms. The molecular weight excluding hydrogens is 416 g/mol. The Labute approximate surface area is 188 Å². The lowest BCUT2D eigenvalue weighted by Crippen LogP contribution is -1.96. The number of imidazole rings is 2. The summed E-state index contributed by atoms with van der Waals surface area (Å²) in [4.78, 5) is 22.1. The standard InChI is InChI=1S/C24H20N8O/c1-13-26-12-19(32(13)2)16-7-8-18-22(27-16)23(31-30-18)24-28-17-9-10-25-20(21(17)29-24)14-5-4-6-15(11-14)33-3/h4-12H,1-3H3,(H,28,29)(H,30,31). The van der Waals surface area contributed by atoms with Crippen molar-refractivity contribution in [1.82, 2.24) is 39.7 Å². The van der Waals surface area contributed by atoms with Crippen LogP contribution in [-0.2, 0) is 7.05 Å². The van der Waals surface area contributed by atoms with E-state index in [1.54, 1.807) is 13.3 Å². The molecular formula is C24H20N8O. The quantitative estimate of drug-likeness (QED) is 0.427. The summed E-state index contributed by atoms with van der Waals surface area (Å²) >= 11 is 0. The van der Waals surface area contributed by atoms with E-state index in [-0.39, 0.29) is 0 Å². The van der Waals surface area contributed by atoms with Gasteiger partial charge in [0, 0.05) is 18.8 Å². The largest absolute Gasteiger partial charge is 0.497 e. The van der Waals surface area contributed by atoms with Gasteiger partial charge in [0.1, 0.15) is 22.6 Å². The van der Waals surface area contributed by atoms with Crippen molar-refractivity contribution in [1.29, 1.82) is 0 Å². The first-order valence-electron chi connectivity index (χ1n) is 10.5. The number of aromatic nitrogens is 8. The number of ether oxygens (including phenoxy) is 1. The van der Waals surface area contributed by atoms with Crippen LogP contribution in [0.5, 0.6) is 5.75 Å². The molecule has 5 heterocycles. The van der Waals surface area contributed by atoms with Gasteiger partial charge >= 0.3 is 0 Å². The second-order valence-electron chi connectivity index (χ2n) is 7.79. The fraction of sp³-hybridized carbons (Fsp3) is 0.125. The zero-order valence-electron chi connectivity index (χ0n) is 18.3. The topological polar surface area (TPSA) is 110 Å². The van der Waals surface area contributed by atoms with Crippen LogP contribution in [-0.4, -0.2) is 46.8 Å². The Kier molecular flexibility index (Phi) is 4.22. The highest BCUT2D eigenvalue weighted by atomic mass is 16.5. The van der Waals surface area contributed by atoms with Crippen molar-refractivity contribution in [3.63, 3.8) is 0 Å². The van der Waals surface area contributed by atoms with E-state index in [4.69, 9.17) is 14.7 Å². The highest BCUT2D eigenvalue weighted by molar-refractivity contribution is 5.95. The Morgan fingerprint density at radius 2 is 1.82 bits per heavy atom. The molecule has 0 atom stereocenters. The minimum Gasteiger partial charge on any atom is -0.497 e. The number of rotatable bonds is 4. The molecule has 0 aliphatic heterocycles. The summed E-state index contributed by atoms with van der Waals surface area (Å²) in [7, 11) is 3.63. The van der Waals surface area contributed by atoms with Crippen molar-refractivity contribution in [2.24, 2.45) is 7.05 Å². The second kappa shape index (κ2) is 7.27. The van der Waals surface area contributed by atoms with E-state index in [2.05, 4.69) is 25.1 Å². The van der Waals surface area contributed by atoms with E-state index >= 15 is 0 Å². The van der Waals surface area contributed by atoms with Gasteiger partial charge in [0.05, 0.1) is 41.4 Å². The first-order valence-corrected chi connectivity index (χ1v) is 10.5. The van der Waals surface area contributed by atoms with Crippen molar-refractivity contribution in [2.45, 2.75) is 6.92 Å². The van der Waals surface area contributed by atoms with Gasteiger partial charge in [-0.1, -0.05) is 12.1 Å². The highest BCUT2D eigenvalue weighted by Crippen LogP contribution is 2.31. The summed E-state index contributed by atoms with van der Waals surface area (Å²) in [6, 6.07) is 13.6. The van der Waals surface area contributed by atoms with Gasteiger partial charge in [-0.25, -0.2) is 15.0 Å². The molecule has 0 aliphatic carbocycles. The van der Waals surface area contributed by atoms with E-state index in [9.17, 15) is 0 Å². The van der Waals surface area contributed by atoms with E-state index in [0.29, 0.717) is 11.5 Å². The van der Waals surface area contributed by atoms with Gasteiger partial charge in [-0.2, -0.15) is 5.10 Å². The number of hydrogen-bond acceptors (Lipinski definition) is 6. The average Bonchev–Trinajstić information content (AvgIpc) is 3.55. The van der Waals surface area contributed by atoms with E-state index in [0.717, 1.165) is 56.3 Å². The van der Waals surface area contributed by atoms with Gasteiger partial charge in [-0.3, -0.25) is 10.1 Å². The molecule has 0 spiro atoms. The van der Waals surface area contributed by atoms with Crippen LogP contribution in [0, 0.1) is 6.92 Å². The lowest BCUT2D eigenvalue weighted by atomic mass is 10.1. The number of hydrogen-bond donors (Lipinski definition) is 2. The van der Waals surface area contributed by atoms with Crippen molar-refractivity contribution in [3.05, 3.63) is 60.7 Å². The Morgan fingerprint density at radius 1 is 0.939 bits per heavy atom. The molecule has 9 nitrogen and oxygen atoms in total. The smallest absolute Gasteiger partial charge is 0.161 e. The molecule has 0 bridgehead atoms. The maximum absolute atomic E-state index is 5.37. The molecule has 5 aromatic heterocycles. The van der Waals surface area contributed by atoms with E-state index in [1.165, 1.54) is 0 Å². The summed E-state index contributed by atoms with van der Waals surface area (Å²) in [5, 5.41) is 7.57. The summed E-state index contributed by atoms with van der Waals surface area (Å²) in [5.41, 5.74) is 7.31. The second-order valence-corrected chi connectivity index (χ2v) is 7.79. The van der Waals surface area contributed by atoms with Crippen LogP contribution in [0.4, 0.5) is 0 Å². The summed E-state index contributed by atoms with van der Waals surface area (Å²) in [5.74, 6) is 2.32. The fourth-order valence-corrected chi connectivity index (χ4v) is 3.98. The molecule has 162 valence electrons. The zero-order chi connectivity index (χ0) is 22.5. The van der Waals surface area contributed by atoms with E-state index < -0.39 is 0 Å². The molecule has 1 aromatic carbocycles. The Morgan fingerprint density at radius 3 is 2.64 bits per heavy atom. The third-order valence-electron chi connectivity index (χ3n) is 5.86. The number of fused-ring (bicyclic) bond motifs is 2. The lowest BCUT2D eigenvalue weighted by molar-refractivity contribution is 0.415. The van der Waals surface area contributed by atoms with Crippen molar-refractivity contribution >= 4 is 22.1 Å². The summed E-state index contributed by atoms with van der Waals surface area (Å²) in [6.07, 6.45) is 3.60. The van der Waals surface area contributed by atoms with Gasteiger partial charge in [-0.05, 0) is 37.3 Å². The van der Waals surface area contributed by atoms with E-state index in [1.807, 2.05) is 67.2 Å². The Hall–Kier alpha value is -4.53. The molecule has 0 saturated heterocycles. The van der Waals surface area contributed by atoms with Crippen LogP contribution in [0.3, 0.4) is 0 Å². The molecule has 0 saturated carbocycles. The van der Waals surface area contributed by atoms with Gasteiger partial charge in [0.25, 0.3) is 0 Å². The lowest BCUT2D eigenvalue weighted by Gasteiger charge is -2.04. The first-order chi connectivity index (χ1) is 16.1. The molecule has 0 amide bonds. The number of benzene rings is 1. The van der Waals surface area contributed by atoms with Gasteiger partial charge in [0.15, 0.2) is 11.5 Å². The third kappa shape index (κ3) is 3.05. The van der Waals surface area contributed by atoms with Gasteiger partial charge in [0.2, 0.25) is 0 Å². The first kappa shape index (κ1) is 19.2. The molecule has 0 radical (unpaired) electrons. The number of H-pyrrole nitrogens is 2. The van der Waals surface area contributed by atoms with Crippen LogP contribution in [0.1, 0.15) is 5.82 Å². The zero-order valence-corrected chi connectivity index (χ0v) is 18.3. The minimum absolute atomic E-state index is 0.624. The maximum Gasteiger partial charge on any atom is 0.161 e. The summed E-state index contributed by atoms with van der Waals surface area (Å²) < 4.78 is 7.39. The molecule has 0 fully saturated rings. The van der Waals surface area contributed by atoms with Crippen LogP contribution in [0.2, 0.25) is 0 Å². The number of aryl methyl sites for hydroxylation is 1. The van der Waals surface area contributed by atoms with Crippen LogP contribution in [0.15, 0.2) is 54.9 Å². The summed E-state index contributed by atoms with van der Waals surface area (Å²) in [6.45, 7) is 1.97. The van der Waals surface area contributed by atoms with Crippen molar-refractivity contribution in [2.75, 3.05) is 7.11 Å². The molecule has 6 rings (SSSR count). The predicted molar refractivity (Wildman–Crippen MR) is 126 cm³/mol. The Balaban J connectivity index is 1.50. The molecule has 0 unspecified atom stereocenters.